The fraction of sp³-hybridized carbons (Fsp3) is 0.176. The van der Waals surface area contributed by atoms with Gasteiger partial charge in [0.2, 0.25) is 5.91 Å². The SMILES string of the molecule is Cc1ccc(CCC(=O)Nc2ccc(C=O)cc2)cc1. The number of hydrogen-bond acceptors (Lipinski definition) is 2. The molecule has 0 aliphatic heterocycles. The second-order valence-corrected chi connectivity index (χ2v) is 4.77. The first-order chi connectivity index (χ1) is 9.67. The maximum atomic E-state index is 11.8. The van der Waals surface area contributed by atoms with Crippen molar-refractivity contribution < 1.29 is 9.59 Å². The molecule has 0 aliphatic carbocycles. The summed E-state index contributed by atoms with van der Waals surface area (Å²) in [5.41, 5.74) is 3.68. The molecule has 0 fully saturated rings. The number of amides is 1. The Kier molecular flexibility index (Phi) is 4.66. The topological polar surface area (TPSA) is 46.2 Å². The van der Waals surface area contributed by atoms with Crippen LogP contribution in [0.5, 0.6) is 0 Å². The van der Waals surface area contributed by atoms with Gasteiger partial charge in [0.05, 0.1) is 0 Å². The van der Waals surface area contributed by atoms with Crippen LogP contribution in [0.1, 0.15) is 27.9 Å². The summed E-state index contributed by atoms with van der Waals surface area (Å²) in [6.45, 7) is 2.04. The molecular formula is C17H17NO2. The van der Waals surface area contributed by atoms with Gasteiger partial charge in [-0.05, 0) is 43.2 Å². The van der Waals surface area contributed by atoms with Gasteiger partial charge in [0.15, 0.2) is 0 Å². The molecule has 102 valence electrons. The summed E-state index contributed by atoms with van der Waals surface area (Å²) in [6.07, 6.45) is 1.94. The van der Waals surface area contributed by atoms with E-state index in [2.05, 4.69) is 5.32 Å². The Morgan fingerprint density at radius 1 is 1.05 bits per heavy atom. The van der Waals surface area contributed by atoms with Crippen molar-refractivity contribution in [1.82, 2.24) is 0 Å². The Balaban J connectivity index is 1.85. The highest BCUT2D eigenvalue weighted by molar-refractivity contribution is 5.91. The van der Waals surface area contributed by atoms with Crippen LogP contribution in [0.3, 0.4) is 0 Å². The maximum Gasteiger partial charge on any atom is 0.224 e. The lowest BCUT2D eigenvalue weighted by atomic mass is 10.1. The van der Waals surface area contributed by atoms with E-state index in [1.807, 2.05) is 31.2 Å². The van der Waals surface area contributed by atoms with Crippen LogP contribution in [-0.4, -0.2) is 12.2 Å². The molecule has 0 unspecified atom stereocenters. The zero-order valence-electron chi connectivity index (χ0n) is 11.4. The van der Waals surface area contributed by atoms with Crippen molar-refractivity contribution in [2.24, 2.45) is 0 Å². The van der Waals surface area contributed by atoms with Crippen molar-refractivity contribution in [3.63, 3.8) is 0 Å². The molecule has 1 amide bonds. The van der Waals surface area contributed by atoms with Crippen LogP contribution in [0, 0.1) is 6.92 Å². The Labute approximate surface area is 118 Å². The zero-order valence-corrected chi connectivity index (χ0v) is 11.4. The number of benzene rings is 2. The van der Waals surface area contributed by atoms with E-state index in [1.165, 1.54) is 5.56 Å². The van der Waals surface area contributed by atoms with E-state index in [0.717, 1.165) is 18.3 Å². The molecule has 2 aromatic rings. The fourth-order valence-electron chi connectivity index (χ4n) is 1.88. The van der Waals surface area contributed by atoms with Gasteiger partial charge in [-0.1, -0.05) is 29.8 Å². The predicted molar refractivity (Wildman–Crippen MR) is 80.0 cm³/mol. The van der Waals surface area contributed by atoms with E-state index in [9.17, 15) is 9.59 Å². The minimum Gasteiger partial charge on any atom is -0.326 e. The van der Waals surface area contributed by atoms with Crippen molar-refractivity contribution in [2.45, 2.75) is 19.8 Å². The van der Waals surface area contributed by atoms with Crippen molar-refractivity contribution >= 4 is 17.9 Å². The highest BCUT2D eigenvalue weighted by Gasteiger charge is 2.03. The van der Waals surface area contributed by atoms with Crippen LogP contribution < -0.4 is 5.32 Å². The predicted octanol–water partition coefficient (Wildman–Crippen LogP) is 3.38. The third kappa shape index (κ3) is 4.05. The Hall–Kier alpha value is -2.42. The van der Waals surface area contributed by atoms with Gasteiger partial charge < -0.3 is 5.32 Å². The standard InChI is InChI=1S/C17H17NO2/c1-13-2-4-14(5-3-13)8-11-17(20)18-16-9-6-15(12-19)7-10-16/h2-7,9-10,12H,8,11H2,1H3,(H,18,20). The highest BCUT2D eigenvalue weighted by Crippen LogP contribution is 2.10. The summed E-state index contributed by atoms with van der Waals surface area (Å²) < 4.78 is 0. The van der Waals surface area contributed by atoms with Crippen molar-refractivity contribution in [2.75, 3.05) is 5.32 Å². The summed E-state index contributed by atoms with van der Waals surface area (Å²) in [5, 5.41) is 2.82. The van der Waals surface area contributed by atoms with E-state index >= 15 is 0 Å². The number of carbonyl (C=O) groups is 2. The number of carbonyl (C=O) groups excluding carboxylic acids is 2. The molecule has 1 N–H and O–H groups in total. The summed E-state index contributed by atoms with van der Waals surface area (Å²) in [7, 11) is 0. The number of hydrogen-bond donors (Lipinski definition) is 1. The largest absolute Gasteiger partial charge is 0.326 e. The summed E-state index contributed by atoms with van der Waals surface area (Å²) in [6, 6.07) is 15.0. The fourth-order valence-corrected chi connectivity index (χ4v) is 1.88. The number of aldehydes is 1. The van der Waals surface area contributed by atoms with E-state index in [0.29, 0.717) is 17.7 Å². The molecule has 2 rings (SSSR count). The number of rotatable bonds is 5. The Bertz CT molecular complexity index is 585. The van der Waals surface area contributed by atoms with E-state index in [4.69, 9.17) is 0 Å². The monoisotopic (exact) mass is 267 g/mol. The second-order valence-electron chi connectivity index (χ2n) is 4.77. The first kappa shape index (κ1) is 14.0. The molecule has 0 radical (unpaired) electrons. The maximum absolute atomic E-state index is 11.8. The molecule has 2 aromatic carbocycles. The lowest BCUT2D eigenvalue weighted by molar-refractivity contribution is -0.116. The molecule has 3 nitrogen and oxygen atoms in total. The smallest absolute Gasteiger partial charge is 0.224 e. The highest BCUT2D eigenvalue weighted by atomic mass is 16.1. The zero-order chi connectivity index (χ0) is 14.4. The van der Waals surface area contributed by atoms with Gasteiger partial charge in [0.25, 0.3) is 0 Å². The Morgan fingerprint density at radius 2 is 1.70 bits per heavy atom. The third-order valence-corrected chi connectivity index (χ3v) is 3.09. The minimum absolute atomic E-state index is 0.0237. The van der Waals surface area contributed by atoms with Crippen LogP contribution in [0.25, 0.3) is 0 Å². The molecule has 3 heteroatoms. The van der Waals surface area contributed by atoms with Crippen LogP contribution in [0.15, 0.2) is 48.5 Å². The van der Waals surface area contributed by atoms with Gasteiger partial charge in [-0.25, -0.2) is 0 Å². The molecule has 20 heavy (non-hydrogen) atoms. The van der Waals surface area contributed by atoms with Gasteiger partial charge in [0.1, 0.15) is 6.29 Å². The molecule has 0 aromatic heterocycles. The molecule has 0 bridgehead atoms. The van der Waals surface area contributed by atoms with Gasteiger partial charge in [-0.2, -0.15) is 0 Å². The third-order valence-electron chi connectivity index (χ3n) is 3.09. The normalized spacial score (nSPS) is 10.1. The first-order valence-corrected chi connectivity index (χ1v) is 6.58. The van der Waals surface area contributed by atoms with Gasteiger partial charge in [-0.3, -0.25) is 9.59 Å². The number of aryl methyl sites for hydroxylation is 2. The van der Waals surface area contributed by atoms with E-state index < -0.39 is 0 Å². The van der Waals surface area contributed by atoms with Crippen LogP contribution in [-0.2, 0) is 11.2 Å². The summed E-state index contributed by atoms with van der Waals surface area (Å²) >= 11 is 0. The second kappa shape index (κ2) is 6.66. The number of anilines is 1. The van der Waals surface area contributed by atoms with Crippen LogP contribution in [0.4, 0.5) is 5.69 Å². The molecule has 0 spiro atoms. The summed E-state index contributed by atoms with van der Waals surface area (Å²) in [5.74, 6) is -0.0237. The van der Waals surface area contributed by atoms with Crippen LogP contribution in [0.2, 0.25) is 0 Å². The first-order valence-electron chi connectivity index (χ1n) is 6.58. The van der Waals surface area contributed by atoms with Crippen molar-refractivity contribution in [1.29, 1.82) is 0 Å². The van der Waals surface area contributed by atoms with E-state index in [1.54, 1.807) is 24.3 Å². The minimum atomic E-state index is -0.0237. The van der Waals surface area contributed by atoms with E-state index in [-0.39, 0.29) is 5.91 Å². The Morgan fingerprint density at radius 3 is 2.30 bits per heavy atom. The number of nitrogens with one attached hydrogen (secondary N) is 1. The molecular weight excluding hydrogens is 250 g/mol. The van der Waals surface area contributed by atoms with Gasteiger partial charge in [-0.15, -0.1) is 0 Å². The average molecular weight is 267 g/mol. The summed E-state index contributed by atoms with van der Waals surface area (Å²) in [4.78, 5) is 22.4. The molecule has 0 aliphatic rings. The average Bonchev–Trinajstić information content (AvgIpc) is 2.47. The van der Waals surface area contributed by atoms with Gasteiger partial charge >= 0.3 is 0 Å². The quantitative estimate of drug-likeness (QED) is 0.844. The van der Waals surface area contributed by atoms with Gasteiger partial charge in [0, 0.05) is 17.7 Å². The molecule has 0 saturated heterocycles. The molecule has 0 atom stereocenters. The van der Waals surface area contributed by atoms with Crippen molar-refractivity contribution in [3.8, 4) is 0 Å². The van der Waals surface area contributed by atoms with Crippen LogP contribution >= 0.6 is 0 Å². The van der Waals surface area contributed by atoms with Crippen molar-refractivity contribution in [3.05, 3.63) is 65.2 Å². The molecule has 0 heterocycles. The molecule has 0 saturated carbocycles. The lowest BCUT2D eigenvalue weighted by Crippen LogP contribution is -2.12. The lowest BCUT2D eigenvalue weighted by Gasteiger charge is -2.05.